The summed E-state index contributed by atoms with van der Waals surface area (Å²) in [5.74, 6) is 2.49. The first kappa shape index (κ1) is 106. The molecule has 0 atom stereocenters. The zero-order valence-electron chi connectivity index (χ0n) is 81.1. The standard InChI is InChI=1S/C31H42N8O5.C29H36N8O4.C21H32N4O3.C10H13N3O.C5H4N6O.CH4/c1-36-18-25(19-36)37-10-11-38(27(40)20-37)17-23-13-22-7-5-9-39(29(22)35-28(23)30(43-3)44-4)31(41)34-26-14-21(8-6-12-42-2)24(15-32)16-33-26;1-34-16-24(17-34)35-8-9-36(27(39)18-35)15-22-11-21-5-3-7-37(28(21)32-25(22)19-38)29(40)33-26-12-20(6-4-10-41-2)23(13-30)14-31-26;1-23-12-17(13-23)24-8-9-25(19(26)14-24)11-16-10-15-6-4-5-7-18(15)22-20(16)21(27-2)28-3;1-14-4-2-3-8-5-10(12)13-7-9(8)6-11;12-5(10-3-6-1-8-10)11-4-7-2-9-11;/h13-14,16,25,30H,5-12,17-20H2,1-4H3,(H,33,34,41);11-12,14,19,24H,3-10,15-18H2,1-2H3,(H,31,33,40);10,17,21H,4-9,11-14H2,1-3H3;5,7H,2-4H2,1H3,(H2,12,13);1-4H;1H4. The van der Waals surface area contributed by atoms with Crippen LogP contribution < -0.4 is 26.2 Å². The molecule has 17 rings (SSSR count). The fraction of sp³-hybridized carbons (Fsp3) is 0.546. The van der Waals surface area contributed by atoms with E-state index < -0.39 is 24.6 Å². The molecule has 43 nitrogen and oxygen atoms in total. The number of likely N-dealkylation sites (N-methyl/N-ethyl adjacent to an activating group) is 3. The van der Waals surface area contributed by atoms with E-state index in [0.717, 1.165) is 183 Å². The Kier molecular flexibility index (Phi) is 39.4. The third-order valence-electron chi connectivity index (χ3n) is 26.1. The fourth-order valence-corrected chi connectivity index (χ4v) is 18.5. The number of fused-ring (bicyclic) bond motifs is 3. The minimum absolute atomic E-state index is 0. The first-order chi connectivity index (χ1) is 67.5. The smallest absolute Gasteiger partial charge is 0.372 e. The van der Waals surface area contributed by atoms with Crippen molar-refractivity contribution in [3.8, 4) is 18.2 Å². The van der Waals surface area contributed by atoms with Crippen molar-refractivity contribution in [1.29, 1.82) is 15.8 Å². The number of rotatable bonds is 30. The highest BCUT2D eigenvalue weighted by Crippen LogP contribution is 2.36. The van der Waals surface area contributed by atoms with E-state index in [2.05, 4.69) is 126 Å². The molecular weight excluding hydrogens is 1800 g/mol. The Morgan fingerprint density at radius 1 is 0.471 bits per heavy atom. The molecule has 1 aliphatic carbocycles. The van der Waals surface area contributed by atoms with E-state index in [0.29, 0.717) is 186 Å². The SMILES string of the molecule is C.COC(OC)c1nc2c(cc1CN1CCN(C3CN(C)C3)CC1=O)CCCC2.COCCCc1cc(N)ncc1C#N.COCCCc1cc(NC(=O)N2CCCc3cc(CN4CCN(C5CN(C)C5)CC4=O)c(C(OC)OC)nc32)ncc1C#N.COCCCc1cc(NC(=O)N2CCCc3cc(CN4CCN(C5CN(C)C5)CC4=O)c(C=O)nc32)ncc1C#N.O=C(n1cncn1)n1cncn1. The average molecular weight is 1930 g/mol. The minimum atomic E-state index is -0.765. The zero-order valence-corrected chi connectivity index (χ0v) is 81.1. The van der Waals surface area contributed by atoms with E-state index in [-0.39, 0.29) is 36.9 Å². The number of carbonyl (C=O) groups is 7. The number of urea groups is 2. The van der Waals surface area contributed by atoms with Crippen molar-refractivity contribution in [3.05, 3.63) is 170 Å². The highest BCUT2D eigenvalue weighted by atomic mass is 16.7. The zero-order chi connectivity index (χ0) is 98.6. The molecule has 0 saturated carbocycles. The van der Waals surface area contributed by atoms with Crippen LogP contribution in [0.4, 0.5) is 43.5 Å². The van der Waals surface area contributed by atoms with Crippen molar-refractivity contribution in [1.82, 2.24) is 104 Å². The van der Waals surface area contributed by atoms with Gasteiger partial charge in [-0.25, -0.2) is 49.3 Å². The molecule has 16 heterocycles. The van der Waals surface area contributed by atoms with Crippen LogP contribution in [0.25, 0.3) is 0 Å². The lowest BCUT2D eigenvalue weighted by atomic mass is 9.93. The monoisotopic (exact) mass is 1930 g/mol. The van der Waals surface area contributed by atoms with E-state index in [1.54, 1.807) is 77.8 Å². The Morgan fingerprint density at radius 3 is 1.24 bits per heavy atom. The van der Waals surface area contributed by atoms with Crippen LogP contribution in [0, 0.1) is 34.0 Å². The van der Waals surface area contributed by atoms with Crippen molar-refractivity contribution < 1.29 is 66.7 Å². The number of nitrogens with zero attached hydrogens (tertiary/aromatic N) is 26. The highest BCUT2D eigenvalue weighted by molar-refractivity contribution is 6.02. The Bertz CT molecular complexity index is 5620. The van der Waals surface area contributed by atoms with Gasteiger partial charge in [-0.2, -0.15) is 35.3 Å². The summed E-state index contributed by atoms with van der Waals surface area (Å²) < 4.78 is 39.6. The number of hydrogen-bond acceptors (Lipinski definition) is 34. The van der Waals surface area contributed by atoms with Crippen LogP contribution in [0.15, 0.2) is 80.3 Å². The average Bonchev–Trinajstić information content (AvgIpc) is 0.880. The summed E-state index contributed by atoms with van der Waals surface area (Å²) in [6.07, 6.45) is 20.9. The van der Waals surface area contributed by atoms with Crippen LogP contribution in [0.3, 0.4) is 0 Å². The quantitative estimate of drug-likeness (QED) is 0.0256. The summed E-state index contributed by atoms with van der Waals surface area (Å²) in [6.45, 7) is 16.0. The van der Waals surface area contributed by atoms with Gasteiger partial charge in [0, 0.05) is 229 Å². The number of piperazine rings is 3. The maximum Gasteiger partial charge on any atom is 0.372 e. The number of nitrogens with one attached hydrogen (secondary N) is 2. The van der Waals surface area contributed by atoms with Crippen molar-refractivity contribution >= 4 is 71.2 Å². The molecule has 4 N–H and O–H groups in total. The number of nitrogen functional groups attached to an aromatic ring is 1. The molecule has 0 aromatic carbocycles. The van der Waals surface area contributed by atoms with Gasteiger partial charge in [0.25, 0.3) is 0 Å². The molecule has 8 aliphatic heterocycles. The number of pyridine rings is 6. The van der Waals surface area contributed by atoms with Crippen molar-refractivity contribution in [2.24, 2.45) is 0 Å². The van der Waals surface area contributed by atoms with Crippen LogP contribution in [-0.2, 0) is 112 Å². The molecule has 43 heteroatoms. The van der Waals surface area contributed by atoms with Gasteiger partial charge in [-0.05, 0) is 186 Å². The molecule has 748 valence electrons. The lowest BCUT2D eigenvalue weighted by Crippen LogP contribution is -2.63. The first-order valence-corrected chi connectivity index (χ1v) is 47.0. The molecule has 6 fully saturated rings. The predicted octanol–water partition coefficient (Wildman–Crippen LogP) is 6.19. The molecular formula is C97H131N29O14. The number of nitrogens with two attached hydrogens (primary N) is 1. The molecule has 140 heavy (non-hydrogen) atoms. The van der Waals surface area contributed by atoms with Gasteiger partial charge in [0.15, 0.2) is 6.29 Å². The molecule has 9 aliphatic rings. The number of ether oxygens (including phenoxy) is 7. The summed E-state index contributed by atoms with van der Waals surface area (Å²) >= 11 is 0. The number of hydrogen-bond donors (Lipinski definition) is 3. The van der Waals surface area contributed by atoms with E-state index in [4.69, 9.17) is 54.1 Å². The number of aldehydes is 1. The van der Waals surface area contributed by atoms with Gasteiger partial charge >= 0.3 is 18.1 Å². The lowest BCUT2D eigenvalue weighted by Gasteiger charge is -2.46. The molecule has 7 amide bonds. The number of aryl methyl sites for hydroxylation is 7. The number of amides is 7. The minimum Gasteiger partial charge on any atom is -0.385 e. The maximum absolute atomic E-state index is 13.6. The normalized spacial score (nSPS) is 17.1. The van der Waals surface area contributed by atoms with Gasteiger partial charge in [-0.3, -0.25) is 59.3 Å². The summed E-state index contributed by atoms with van der Waals surface area (Å²) in [5.41, 5.74) is 18.1. The van der Waals surface area contributed by atoms with E-state index in [9.17, 15) is 44.1 Å². The Labute approximate surface area is 817 Å². The van der Waals surface area contributed by atoms with Crippen molar-refractivity contribution in [2.45, 2.75) is 148 Å². The van der Waals surface area contributed by atoms with Crippen molar-refractivity contribution in [3.63, 3.8) is 0 Å². The summed E-state index contributed by atoms with van der Waals surface area (Å²) in [4.78, 5) is 146. The number of aromatic nitrogens is 12. The largest absolute Gasteiger partial charge is 0.385 e. The molecule has 0 radical (unpaired) electrons. The number of anilines is 5. The van der Waals surface area contributed by atoms with Crippen LogP contribution in [-0.4, -0.2) is 366 Å². The summed E-state index contributed by atoms with van der Waals surface area (Å²) in [7, 11) is 17.6. The van der Waals surface area contributed by atoms with Gasteiger partial charge in [0.05, 0.1) is 36.3 Å². The van der Waals surface area contributed by atoms with Gasteiger partial charge in [-0.1, -0.05) is 13.5 Å². The van der Waals surface area contributed by atoms with E-state index in [1.165, 1.54) is 67.2 Å². The Hall–Kier alpha value is -12.8. The van der Waals surface area contributed by atoms with Gasteiger partial charge in [0.1, 0.15) is 89.7 Å². The van der Waals surface area contributed by atoms with Crippen LogP contribution >= 0.6 is 0 Å². The lowest BCUT2D eigenvalue weighted by molar-refractivity contribution is -0.140. The fourth-order valence-electron chi connectivity index (χ4n) is 18.5. The van der Waals surface area contributed by atoms with Gasteiger partial charge in [-0.15, -0.1) is 0 Å². The molecule has 6 saturated heterocycles. The maximum atomic E-state index is 13.6. The summed E-state index contributed by atoms with van der Waals surface area (Å²) in [5, 5.41) is 40.7. The third-order valence-corrected chi connectivity index (χ3v) is 26.1. The Morgan fingerprint density at radius 2 is 0.850 bits per heavy atom. The van der Waals surface area contributed by atoms with Crippen LogP contribution in [0.5, 0.6) is 0 Å². The van der Waals surface area contributed by atoms with E-state index in [1.807, 2.05) is 21.9 Å². The van der Waals surface area contributed by atoms with E-state index >= 15 is 0 Å². The second-order valence-electron chi connectivity index (χ2n) is 35.8. The summed E-state index contributed by atoms with van der Waals surface area (Å²) in [6, 6.07) is 18.0. The molecule has 0 unspecified atom stereocenters. The molecule has 0 bridgehead atoms. The number of likely N-dealkylation sites (tertiary alicyclic amines) is 3. The predicted molar refractivity (Wildman–Crippen MR) is 517 cm³/mol. The molecule has 8 aromatic heterocycles. The van der Waals surface area contributed by atoms with Gasteiger partial charge in [0.2, 0.25) is 30.3 Å². The topological polar surface area (TPSA) is 480 Å². The number of methoxy groups -OCH3 is 7. The number of carbonyl (C=O) groups excluding carboxylic acids is 7. The second kappa shape index (κ2) is 51.9. The number of nitriles is 3. The second-order valence-corrected chi connectivity index (χ2v) is 35.8. The molecule has 0 spiro atoms. The first-order valence-electron chi connectivity index (χ1n) is 47.0. The highest BCUT2D eigenvalue weighted by Gasteiger charge is 2.40. The molecule has 8 aromatic rings. The van der Waals surface area contributed by atoms with Crippen molar-refractivity contribution in [2.75, 3.05) is 228 Å². The Balaban J connectivity index is 0.000000168. The van der Waals surface area contributed by atoms with Gasteiger partial charge < -0.3 is 68.3 Å². The third kappa shape index (κ3) is 27.5. The van der Waals surface area contributed by atoms with Crippen LogP contribution in [0.1, 0.15) is 159 Å². The van der Waals surface area contributed by atoms with Crippen LogP contribution in [0.2, 0.25) is 0 Å².